The van der Waals surface area contributed by atoms with Crippen LogP contribution >= 0.6 is 0 Å². The van der Waals surface area contributed by atoms with E-state index < -0.39 is 29.2 Å². The van der Waals surface area contributed by atoms with Gasteiger partial charge in [-0.25, -0.2) is 4.79 Å². The maximum Gasteiger partial charge on any atom is 0.416 e. The third-order valence-electron chi connectivity index (χ3n) is 5.99. The highest BCUT2D eigenvalue weighted by Crippen LogP contribution is 2.45. The molecule has 0 radical (unpaired) electrons. The van der Waals surface area contributed by atoms with Crippen molar-refractivity contribution in [1.29, 1.82) is 5.26 Å². The molecule has 0 spiro atoms. The van der Waals surface area contributed by atoms with Gasteiger partial charge in [0.1, 0.15) is 0 Å². The van der Waals surface area contributed by atoms with Crippen molar-refractivity contribution < 1.29 is 22.8 Å². The quantitative estimate of drug-likeness (QED) is 0.672. The number of Topliss-reactive ketones (excluding diaryl/α,β-unsaturated/α-hetero) is 1. The summed E-state index contributed by atoms with van der Waals surface area (Å²) in [4.78, 5) is 27.7. The SMILES string of the molecule is CC1(C)CCC2=C(C1=O)C(c1ccc(C#N)cc1)NC(=O)N2c1cccc(C(F)(F)F)c1. The third-order valence-corrected chi connectivity index (χ3v) is 5.99. The summed E-state index contributed by atoms with van der Waals surface area (Å²) in [6, 6.07) is 11.7. The van der Waals surface area contributed by atoms with E-state index in [0.29, 0.717) is 35.2 Å². The molecule has 2 aliphatic rings. The Bertz CT molecular complexity index is 1170. The van der Waals surface area contributed by atoms with E-state index in [9.17, 15) is 22.8 Å². The van der Waals surface area contributed by atoms with Crippen LogP contribution in [0, 0.1) is 16.7 Å². The van der Waals surface area contributed by atoms with Crippen LogP contribution in [0.1, 0.15) is 49.4 Å². The second-order valence-corrected chi connectivity index (χ2v) is 8.57. The number of anilines is 1. The van der Waals surface area contributed by atoms with Crippen molar-refractivity contribution in [2.45, 2.75) is 38.9 Å². The monoisotopic (exact) mass is 439 g/mol. The first kappa shape index (κ1) is 21.6. The molecule has 0 saturated heterocycles. The first-order chi connectivity index (χ1) is 15.0. The second-order valence-electron chi connectivity index (χ2n) is 8.57. The average molecular weight is 439 g/mol. The third kappa shape index (κ3) is 3.64. The highest BCUT2D eigenvalue weighted by atomic mass is 19.4. The fourth-order valence-corrected chi connectivity index (χ4v) is 4.18. The minimum atomic E-state index is -4.56. The van der Waals surface area contributed by atoms with Crippen molar-refractivity contribution in [1.82, 2.24) is 5.32 Å². The lowest BCUT2D eigenvalue weighted by molar-refractivity contribution is -0.137. The molecular weight excluding hydrogens is 419 g/mol. The summed E-state index contributed by atoms with van der Waals surface area (Å²) in [6.07, 6.45) is -3.73. The number of allylic oxidation sites excluding steroid dienone is 1. The number of nitrogens with one attached hydrogen (secondary N) is 1. The molecule has 0 aromatic heterocycles. The minimum Gasteiger partial charge on any atom is -0.326 e. The molecule has 2 amide bonds. The smallest absolute Gasteiger partial charge is 0.326 e. The van der Waals surface area contributed by atoms with Crippen LogP contribution < -0.4 is 10.2 Å². The van der Waals surface area contributed by atoms with E-state index >= 15 is 0 Å². The number of carbonyl (C=O) groups excluding carboxylic acids is 2. The number of amides is 2. The summed E-state index contributed by atoms with van der Waals surface area (Å²) in [5, 5.41) is 11.8. The van der Waals surface area contributed by atoms with Gasteiger partial charge in [0, 0.05) is 16.7 Å². The normalized spacial score (nSPS) is 20.5. The van der Waals surface area contributed by atoms with E-state index in [1.54, 1.807) is 24.3 Å². The fraction of sp³-hybridized carbons (Fsp3) is 0.292. The van der Waals surface area contributed by atoms with E-state index in [4.69, 9.17) is 5.26 Å². The van der Waals surface area contributed by atoms with Crippen LogP contribution in [0.15, 0.2) is 59.8 Å². The van der Waals surface area contributed by atoms with Gasteiger partial charge in [-0.1, -0.05) is 32.0 Å². The Balaban J connectivity index is 1.88. The van der Waals surface area contributed by atoms with Crippen molar-refractivity contribution in [3.63, 3.8) is 0 Å². The van der Waals surface area contributed by atoms with Gasteiger partial charge in [-0.3, -0.25) is 9.69 Å². The summed E-state index contributed by atoms with van der Waals surface area (Å²) in [7, 11) is 0. The van der Waals surface area contributed by atoms with Crippen LogP contribution in [-0.2, 0) is 11.0 Å². The number of hydrogen-bond acceptors (Lipinski definition) is 3. The van der Waals surface area contributed by atoms with E-state index in [-0.39, 0.29) is 11.5 Å². The molecule has 8 heteroatoms. The zero-order chi connectivity index (χ0) is 23.3. The van der Waals surface area contributed by atoms with Gasteiger partial charge in [0.25, 0.3) is 0 Å². The van der Waals surface area contributed by atoms with Crippen LogP contribution in [0.4, 0.5) is 23.7 Å². The number of halogens is 3. The molecule has 1 aliphatic carbocycles. The molecule has 0 bridgehead atoms. The maximum absolute atomic E-state index is 13.4. The van der Waals surface area contributed by atoms with Gasteiger partial charge in [-0.2, -0.15) is 18.4 Å². The molecule has 164 valence electrons. The summed E-state index contributed by atoms with van der Waals surface area (Å²) < 4.78 is 39.8. The molecule has 2 aromatic carbocycles. The Morgan fingerprint density at radius 2 is 1.81 bits per heavy atom. The molecular formula is C24H20F3N3O2. The zero-order valence-electron chi connectivity index (χ0n) is 17.5. The molecule has 1 heterocycles. The molecule has 1 aliphatic heterocycles. The van der Waals surface area contributed by atoms with E-state index in [0.717, 1.165) is 12.1 Å². The molecule has 1 atom stereocenters. The largest absolute Gasteiger partial charge is 0.416 e. The second kappa shape index (κ2) is 7.52. The Morgan fingerprint density at radius 1 is 1.12 bits per heavy atom. The summed E-state index contributed by atoms with van der Waals surface area (Å²) in [5.74, 6) is -0.162. The predicted molar refractivity (Wildman–Crippen MR) is 111 cm³/mol. The van der Waals surface area contributed by atoms with Gasteiger partial charge >= 0.3 is 12.2 Å². The first-order valence-corrected chi connectivity index (χ1v) is 10.1. The van der Waals surface area contributed by atoms with Crippen LogP contribution in [0.5, 0.6) is 0 Å². The van der Waals surface area contributed by atoms with Crippen LogP contribution in [0.2, 0.25) is 0 Å². The number of nitrogens with zero attached hydrogens (tertiary/aromatic N) is 2. The fourth-order valence-electron chi connectivity index (χ4n) is 4.18. The van der Waals surface area contributed by atoms with Gasteiger partial charge in [-0.15, -0.1) is 0 Å². The number of ketones is 1. The Kier molecular flexibility index (Phi) is 5.08. The molecule has 1 unspecified atom stereocenters. The highest BCUT2D eigenvalue weighted by molar-refractivity contribution is 6.08. The van der Waals surface area contributed by atoms with Gasteiger partial charge in [0.2, 0.25) is 0 Å². The van der Waals surface area contributed by atoms with Gasteiger partial charge in [-0.05, 0) is 48.7 Å². The molecule has 0 fully saturated rings. The van der Waals surface area contributed by atoms with Gasteiger partial charge in [0.05, 0.1) is 28.9 Å². The lowest BCUT2D eigenvalue weighted by atomic mass is 9.71. The van der Waals surface area contributed by atoms with Crippen LogP contribution in [0.25, 0.3) is 0 Å². The number of nitriles is 1. The molecule has 32 heavy (non-hydrogen) atoms. The lowest BCUT2D eigenvalue weighted by Crippen LogP contribution is -2.52. The summed E-state index contributed by atoms with van der Waals surface area (Å²) in [5.41, 5.74) is 0.336. The van der Waals surface area contributed by atoms with Gasteiger partial charge < -0.3 is 5.32 Å². The average Bonchev–Trinajstić information content (AvgIpc) is 2.75. The summed E-state index contributed by atoms with van der Waals surface area (Å²) in [6.45, 7) is 3.64. The number of carbonyl (C=O) groups is 2. The summed E-state index contributed by atoms with van der Waals surface area (Å²) >= 11 is 0. The number of rotatable bonds is 2. The number of alkyl halides is 3. The minimum absolute atomic E-state index is 0.0515. The molecule has 5 nitrogen and oxygen atoms in total. The maximum atomic E-state index is 13.4. The highest BCUT2D eigenvalue weighted by Gasteiger charge is 2.46. The topological polar surface area (TPSA) is 73.2 Å². The van der Waals surface area contributed by atoms with Crippen molar-refractivity contribution >= 4 is 17.5 Å². The van der Waals surface area contributed by atoms with Crippen LogP contribution in [0.3, 0.4) is 0 Å². The lowest BCUT2D eigenvalue weighted by Gasteiger charge is -2.43. The Labute approximate surface area is 183 Å². The van der Waals surface area contributed by atoms with Crippen molar-refractivity contribution in [2.75, 3.05) is 4.90 Å². The van der Waals surface area contributed by atoms with Crippen molar-refractivity contribution in [3.05, 3.63) is 76.5 Å². The zero-order valence-corrected chi connectivity index (χ0v) is 17.5. The van der Waals surface area contributed by atoms with Crippen molar-refractivity contribution in [3.8, 4) is 6.07 Å². The molecule has 1 N–H and O–H groups in total. The number of urea groups is 1. The van der Waals surface area contributed by atoms with E-state index in [2.05, 4.69) is 5.32 Å². The molecule has 0 saturated carbocycles. The predicted octanol–water partition coefficient (Wildman–Crippen LogP) is 5.49. The van der Waals surface area contributed by atoms with Crippen LogP contribution in [-0.4, -0.2) is 11.8 Å². The number of benzene rings is 2. The van der Waals surface area contributed by atoms with Gasteiger partial charge in [0.15, 0.2) is 5.78 Å². The van der Waals surface area contributed by atoms with E-state index in [1.165, 1.54) is 17.0 Å². The number of hydrogen-bond donors (Lipinski definition) is 1. The van der Waals surface area contributed by atoms with E-state index in [1.807, 2.05) is 19.9 Å². The molecule has 2 aromatic rings. The Morgan fingerprint density at radius 3 is 2.44 bits per heavy atom. The first-order valence-electron chi connectivity index (χ1n) is 10.1. The Hall–Kier alpha value is -3.60. The van der Waals surface area contributed by atoms with Crippen molar-refractivity contribution in [2.24, 2.45) is 5.41 Å². The molecule has 4 rings (SSSR count). The standard InChI is InChI=1S/C24H20F3N3O2/c1-23(2)11-10-18-19(21(23)31)20(15-8-6-14(13-28)7-9-15)29-22(32)30(18)17-5-3-4-16(12-17)24(25,26)27/h3-9,12,20H,10-11H2,1-2H3,(H,29,32).